The van der Waals surface area contributed by atoms with Gasteiger partial charge in [0.1, 0.15) is 29.6 Å². The Morgan fingerprint density at radius 1 is 0.920 bits per heavy atom. The molecule has 0 saturated heterocycles. The molecular formula is C33H20Cl2F8N2O5. The first kappa shape index (κ1) is 36.3. The minimum atomic E-state index is -5.35. The Hall–Kier alpha value is -5.02. The molecule has 1 aliphatic carbocycles. The molecular weight excluding hydrogens is 727 g/mol. The number of benzene rings is 4. The summed E-state index contributed by atoms with van der Waals surface area (Å²) < 4.78 is 122. The topological polar surface area (TPSA) is 111 Å². The molecule has 0 radical (unpaired) electrons. The van der Waals surface area contributed by atoms with Gasteiger partial charge in [-0.05, 0) is 66.4 Å². The number of ether oxygens (including phenoxy) is 2. The summed E-state index contributed by atoms with van der Waals surface area (Å²) in [6, 6.07) is 9.90. The van der Waals surface area contributed by atoms with Crippen molar-refractivity contribution in [1.82, 2.24) is 0 Å². The van der Waals surface area contributed by atoms with Gasteiger partial charge in [-0.3, -0.25) is 4.79 Å². The van der Waals surface area contributed by atoms with Crippen molar-refractivity contribution < 1.29 is 59.3 Å². The highest BCUT2D eigenvalue weighted by molar-refractivity contribution is 6.32. The number of carboxylic acids is 1. The molecule has 4 aromatic carbocycles. The van der Waals surface area contributed by atoms with Crippen LogP contribution < -0.4 is 20.5 Å². The number of amides is 1. The number of rotatable bonds is 9. The second kappa shape index (κ2) is 14.1. The van der Waals surface area contributed by atoms with Crippen LogP contribution in [-0.4, -0.2) is 23.3 Å². The Kier molecular flexibility index (Phi) is 10.2. The van der Waals surface area contributed by atoms with Gasteiger partial charge in [-0.1, -0.05) is 35.3 Å². The van der Waals surface area contributed by atoms with Crippen LogP contribution in [-0.2, 0) is 16.2 Å². The minimum absolute atomic E-state index is 0.00553. The predicted octanol–water partition coefficient (Wildman–Crippen LogP) is 9.31. The number of carbonyl (C=O) groups excluding carboxylic acids is 1. The Bertz CT molecular complexity index is 2020. The fourth-order valence-corrected chi connectivity index (χ4v) is 5.86. The number of anilines is 2. The Labute approximate surface area is 286 Å². The van der Waals surface area contributed by atoms with E-state index in [2.05, 4.69) is 10.1 Å². The highest BCUT2D eigenvalue weighted by atomic mass is 35.5. The van der Waals surface area contributed by atoms with Crippen LogP contribution in [0, 0.1) is 29.1 Å². The molecule has 17 heteroatoms. The van der Waals surface area contributed by atoms with E-state index in [-0.39, 0.29) is 52.1 Å². The lowest BCUT2D eigenvalue weighted by Crippen LogP contribution is -2.20. The molecule has 262 valence electrons. The standard InChI is InChI=1S/C33H20Cl2F8N2O5/c34-20-2-1-3-22(36)19(20)12-49-23-7-4-15(11-21(23)35)45-31(46)25-17(5-6-18(25)32(47)48)13-8-14(10-16(9-13)50-33(41,42)43)24-26(37)28(39)30(44)29(40)27(24)38/h1-4,7-11,17H,5-6,12,44H2,(H,45,46)(H,47,48). The first-order chi connectivity index (χ1) is 23.5. The number of nitrogens with one attached hydrogen (secondary N) is 1. The summed E-state index contributed by atoms with van der Waals surface area (Å²) in [4.78, 5) is 25.7. The van der Waals surface area contributed by atoms with Crippen LogP contribution in [0.4, 0.5) is 46.5 Å². The van der Waals surface area contributed by atoms with Crippen LogP contribution in [0.1, 0.15) is 29.9 Å². The van der Waals surface area contributed by atoms with Crippen LogP contribution in [0.5, 0.6) is 11.5 Å². The largest absolute Gasteiger partial charge is 0.573 e. The van der Waals surface area contributed by atoms with Gasteiger partial charge in [0.05, 0.1) is 15.6 Å². The average molecular weight is 747 g/mol. The number of hydrogen-bond acceptors (Lipinski definition) is 5. The third-order valence-electron chi connectivity index (χ3n) is 7.63. The van der Waals surface area contributed by atoms with E-state index >= 15 is 0 Å². The first-order valence-corrected chi connectivity index (χ1v) is 14.9. The maximum atomic E-state index is 14.9. The quantitative estimate of drug-likeness (QED) is 0.0895. The van der Waals surface area contributed by atoms with Crippen molar-refractivity contribution in [1.29, 1.82) is 0 Å². The van der Waals surface area contributed by atoms with Crippen molar-refractivity contribution in [2.75, 3.05) is 11.1 Å². The first-order valence-electron chi connectivity index (χ1n) is 14.1. The number of nitrogen functional groups attached to an aromatic ring is 1. The number of nitrogens with two attached hydrogens (primary N) is 1. The van der Waals surface area contributed by atoms with E-state index in [9.17, 15) is 49.8 Å². The maximum absolute atomic E-state index is 14.9. The fraction of sp³-hybridized carbons (Fsp3) is 0.152. The van der Waals surface area contributed by atoms with Gasteiger partial charge >= 0.3 is 12.3 Å². The fourth-order valence-electron chi connectivity index (χ4n) is 5.41. The molecule has 0 fully saturated rings. The lowest BCUT2D eigenvalue weighted by molar-refractivity contribution is -0.274. The number of hydrogen-bond donors (Lipinski definition) is 3. The van der Waals surface area contributed by atoms with Crippen LogP contribution in [0.25, 0.3) is 11.1 Å². The molecule has 0 spiro atoms. The highest BCUT2D eigenvalue weighted by Crippen LogP contribution is 2.44. The second-order valence-corrected chi connectivity index (χ2v) is 11.6. The summed E-state index contributed by atoms with van der Waals surface area (Å²) in [6.45, 7) is -0.310. The van der Waals surface area contributed by atoms with Gasteiger partial charge in [-0.15, -0.1) is 13.2 Å². The van der Waals surface area contributed by atoms with Crippen molar-refractivity contribution in [3.8, 4) is 22.6 Å². The van der Waals surface area contributed by atoms with E-state index in [1.807, 2.05) is 0 Å². The van der Waals surface area contributed by atoms with Crippen molar-refractivity contribution in [2.45, 2.75) is 31.7 Å². The number of carboxylic acid groups (broad SMARTS) is 1. The zero-order chi connectivity index (χ0) is 36.7. The molecule has 5 rings (SSSR count). The average Bonchev–Trinajstić information content (AvgIpc) is 3.49. The van der Waals surface area contributed by atoms with Gasteiger partial charge < -0.3 is 25.6 Å². The Morgan fingerprint density at radius 2 is 1.60 bits per heavy atom. The summed E-state index contributed by atoms with van der Waals surface area (Å²) in [6.07, 6.45) is -5.82. The summed E-state index contributed by atoms with van der Waals surface area (Å²) in [5, 5.41) is 12.3. The van der Waals surface area contributed by atoms with Gasteiger partial charge in [-0.2, -0.15) is 0 Å². The molecule has 0 bridgehead atoms. The predicted molar refractivity (Wildman–Crippen MR) is 165 cm³/mol. The van der Waals surface area contributed by atoms with E-state index in [0.29, 0.717) is 6.07 Å². The van der Waals surface area contributed by atoms with Crippen LogP contribution in [0.2, 0.25) is 10.0 Å². The van der Waals surface area contributed by atoms with E-state index in [0.717, 1.165) is 12.1 Å². The molecule has 0 saturated carbocycles. The SMILES string of the molecule is Nc1c(F)c(F)c(-c2cc(OC(F)(F)F)cc(C3CCC(C(=O)O)=C3C(=O)Nc3ccc(OCc4c(F)cccc4Cl)c(Cl)c3)c2)c(F)c1F. The lowest BCUT2D eigenvalue weighted by atomic mass is 9.88. The van der Waals surface area contributed by atoms with E-state index in [1.165, 1.54) is 36.4 Å². The van der Waals surface area contributed by atoms with Gasteiger partial charge in [0.2, 0.25) is 0 Å². The number of aliphatic carboxylic acids is 1. The van der Waals surface area contributed by atoms with E-state index in [4.69, 9.17) is 33.7 Å². The Morgan fingerprint density at radius 3 is 2.20 bits per heavy atom. The molecule has 1 amide bonds. The normalized spacial score (nSPS) is 14.6. The second-order valence-electron chi connectivity index (χ2n) is 10.8. The maximum Gasteiger partial charge on any atom is 0.573 e. The molecule has 7 nitrogen and oxygen atoms in total. The van der Waals surface area contributed by atoms with Crippen molar-refractivity contribution in [3.05, 3.63) is 116 Å². The molecule has 1 atom stereocenters. The number of alkyl halides is 3. The van der Waals surface area contributed by atoms with Gasteiger partial charge in [0.25, 0.3) is 5.91 Å². The molecule has 50 heavy (non-hydrogen) atoms. The minimum Gasteiger partial charge on any atom is -0.487 e. The van der Waals surface area contributed by atoms with Gasteiger partial charge in [0, 0.05) is 28.3 Å². The van der Waals surface area contributed by atoms with Crippen molar-refractivity contribution in [2.24, 2.45) is 0 Å². The number of halogens is 10. The molecule has 0 heterocycles. The molecule has 1 aliphatic rings. The van der Waals surface area contributed by atoms with Crippen LogP contribution in [0.3, 0.4) is 0 Å². The summed E-state index contributed by atoms with van der Waals surface area (Å²) >= 11 is 12.3. The third kappa shape index (κ3) is 7.43. The third-order valence-corrected chi connectivity index (χ3v) is 8.28. The molecule has 4 aromatic rings. The molecule has 0 aromatic heterocycles. The van der Waals surface area contributed by atoms with Crippen LogP contribution >= 0.6 is 23.2 Å². The van der Waals surface area contributed by atoms with E-state index < -0.39 is 87.0 Å². The molecule has 1 unspecified atom stereocenters. The van der Waals surface area contributed by atoms with Gasteiger partial charge in [0.15, 0.2) is 23.3 Å². The summed E-state index contributed by atoms with van der Waals surface area (Å²) in [7, 11) is 0. The van der Waals surface area contributed by atoms with Crippen molar-refractivity contribution >= 4 is 46.5 Å². The van der Waals surface area contributed by atoms with Crippen LogP contribution in [0.15, 0.2) is 65.7 Å². The smallest absolute Gasteiger partial charge is 0.487 e. The number of carbonyl (C=O) groups is 2. The molecule has 4 N–H and O–H groups in total. The van der Waals surface area contributed by atoms with E-state index in [1.54, 1.807) is 0 Å². The summed E-state index contributed by atoms with van der Waals surface area (Å²) in [5.41, 5.74) is 0.137. The van der Waals surface area contributed by atoms with Gasteiger partial charge in [-0.25, -0.2) is 26.7 Å². The monoisotopic (exact) mass is 746 g/mol. The molecule has 0 aliphatic heterocycles. The highest BCUT2D eigenvalue weighted by Gasteiger charge is 2.37. The zero-order valence-electron chi connectivity index (χ0n) is 24.8. The Balaban J connectivity index is 1.50. The lowest BCUT2D eigenvalue weighted by Gasteiger charge is -2.20. The zero-order valence-corrected chi connectivity index (χ0v) is 26.3. The summed E-state index contributed by atoms with van der Waals surface area (Å²) in [5.74, 6) is -13.7. The van der Waals surface area contributed by atoms with Crippen molar-refractivity contribution in [3.63, 3.8) is 0 Å².